The number of aliphatic carboxylic acids is 1. The van der Waals surface area contributed by atoms with Gasteiger partial charge in [0, 0.05) is 12.6 Å². The van der Waals surface area contributed by atoms with Crippen molar-refractivity contribution in [2.75, 3.05) is 7.11 Å². The molecule has 0 fully saturated rings. The predicted octanol–water partition coefficient (Wildman–Crippen LogP) is 6.77. The number of hydrogen-bond donors (Lipinski definition) is 2. The molecule has 1 atom stereocenters. The first-order chi connectivity index (χ1) is 16.6. The van der Waals surface area contributed by atoms with Crippen LogP contribution in [0.1, 0.15) is 41.8 Å². The number of amides is 1. The third kappa shape index (κ3) is 6.68. The lowest BCUT2D eigenvalue weighted by Crippen LogP contribution is -2.29. The van der Waals surface area contributed by atoms with Crippen LogP contribution in [0.15, 0.2) is 60.7 Å². The van der Waals surface area contributed by atoms with Crippen molar-refractivity contribution in [3.05, 3.63) is 87.4 Å². The minimum Gasteiger partial charge on any atom is -0.496 e. The molecule has 0 unspecified atom stereocenters. The molecule has 0 heterocycles. The van der Waals surface area contributed by atoms with Crippen LogP contribution in [0.4, 0.5) is 0 Å². The summed E-state index contributed by atoms with van der Waals surface area (Å²) in [4.78, 5) is 24.6. The van der Waals surface area contributed by atoms with Crippen molar-refractivity contribution in [2.45, 2.75) is 33.2 Å². The Morgan fingerprint density at radius 1 is 0.943 bits per heavy atom. The molecule has 0 aliphatic rings. The second-order valence-electron chi connectivity index (χ2n) is 8.44. The van der Waals surface area contributed by atoms with Crippen molar-refractivity contribution in [2.24, 2.45) is 5.41 Å². The van der Waals surface area contributed by atoms with Gasteiger partial charge in [0.1, 0.15) is 17.2 Å². The number of ether oxygens (including phenoxy) is 2. The number of nitrogens with one attached hydrogen (secondary N) is 1. The van der Waals surface area contributed by atoms with E-state index in [2.05, 4.69) is 5.32 Å². The number of rotatable bonds is 10. The highest BCUT2D eigenvalue weighted by Crippen LogP contribution is 2.31. The number of carbonyl (C=O) groups is 2. The van der Waals surface area contributed by atoms with Gasteiger partial charge < -0.3 is 19.9 Å². The molecule has 3 rings (SSSR count). The number of halogens is 2. The Hall–Kier alpha value is -3.22. The summed E-state index contributed by atoms with van der Waals surface area (Å²) in [5.41, 5.74) is 1.07. The molecule has 0 radical (unpaired) electrons. The van der Waals surface area contributed by atoms with Gasteiger partial charge in [-0.1, -0.05) is 48.3 Å². The smallest absolute Gasteiger partial charge is 0.309 e. The Balaban J connectivity index is 1.67. The number of methoxy groups -OCH3 is 1. The van der Waals surface area contributed by atoms with E-state index in [9.17, 15) is 14.7 Å². The van der Waals surface area contributed by atoms with Crippen molar-refractivity contribution < 1.29 is 24.2 Å². The van der Waals surface area contributed by atoms with E-state index in [-0.39, 0.29) is 5.91 Å². The molecule has 2 N–H and O–H groups in total. The molecule has 3 aromatic rings. The quantitative estimate of drug-likeness (QED) is 0.311. The average molecular weight is 516 g/mol. The molecule has 1 amide bonds. The van der Waals surface area contributed by atoms with Crippen LogP contribution >= 0.6 is 23.2 Å². The zero-order valence-electron chi connectivity index (χ0n) is 19.7. The molecule has 184 valence electrons. The van der Waals surface area contributed by atoms with Gasteiger partial charge in [0.25, 0.3) is 5.91 Å². The highest BCUT2D eigenvalue weighted by Gasteiger charge is 2.31. The fraction of sp³-hybridized carbons (Fsp3) is 0.259. The Morgan fingerprint density at radius 3 is 2.20 bits per heavy atom. The summed E-state index contributed by atoms with van der Waals surface area (Å²) in [6.45, 7) is 3.83. The maximum atomic E-state index is 12.9. The molecule has 0 aliphatic heterocycles. The number of carboxylic acids is 1. The number of carboxylic acid groups (broad SMARTS) is 1. The summed E-state index contributed by atoms with van der Waals surface area (Å²) >= 11 is 12.0. The maximum absolute atomic E-state index is 12.9. The van der Waals surface area contributed by atoms with Gasteiger partial charge in [-0.25, -0.2) is 0 Å². The second kappa shape index (κ2) is 11.5. The summed E-state index contributed by atoms with van der Waals surface area (Å²) < 4.78 is 11.1. The van der Waals surface area contributed by atoms with E-state index in [1.165, 1.54) is 7.11 Å². The van der Waals surface area contributed by atoms with Crippen LogP contribution in [-0.2, 0) is 17.8 Å². The minimum atomic E-state index is -0.913. The van der Waals surface area contributed by atoms with Crippen LogP contribution in [-0.4, -0.2) is 24.1 Å². The summed E-state index contributed by atoms with van der Waals surface area (Å²) in [5.74, 6) is 0.423. The third-order valence-corrected chi connectivity index (χ3v) is 6.64. The van der Waals surface area contributed by atoms with Crippen LogP contribution in [0.5, 0.6) is 17.2 Å². The lowest BCUT2D eigenvalue weighted by molar-refractivity contribution is -0.148. The Morgan fingerprint density at radius 2 is 1.60 bits per heavy atom. The van der Waals surface area contributed by atoms with E-state index in [0.29, 0.717) is 52.2 Å². The molecule has 6 nitrogen and oxygen atoms in total. The third-order valence-electron chi connectivity index (χ3n) is 5.90. The van der Waals surface area contributed by atoms with Gasteiger partial charge in [0.2, 0.25) is 0 Å². The fourth-order valence-electron chi connectivity index (χ4n) is 3.47. The number of hydrogen-bond acceptors (Lipinski definition) is 4. The molecule has 35 heavy (non-hydrogen) atoms. The molecule has 3 aromatic carbocycles. The van der Waals surface area contributed by atoms with Crippen LogP contribution in [0.3, 0.4) is 0 Å². The molecule has 0 aliphatic carbocycles. The van der Waals surface area contributed by atoms with E-state index in [1.807, 2.05) is 19.1 Å². The van der Waals surface area contributed by atoms with Crippen molar-refractivity contribution >= 4 is 35.1 Å². The van der Waals surface area contributed by atoms with E-state index in [1.54, 1.807) is 55.5 Å². The van der Waals surface area contributed by atoms with Gasteiger partial charge >= 0.3 is 5.97 Å². The summed E-state index contributed by atoms with van der Waals surface area (Å²) in [6, 6.07) is 17.5. The minimum absolute atomic E-state index is 0.293. The fourth-order valence-corrected chi connectivity index (χ4v) is 3.76. The normalized spacial score (nSPS) is 12.5. The van der Waals surface area contributed by atoms with Crippen LogP contribution in [0.25, 0.3) is 0 Å². The van der Waals surface area contributed by atoms with E-state index < -0.39 is 11.4 Å². The lowest BCUT2D eigenvalue weighted by Gasteiger charge is -2.23. The first-order valence-electron chi connectivity index (χ1n) is 11.1. The van der Waals surface area contributed by atoms with Gasteiger partial charge in [-0.15, -0.1) is 0 Å². The average Bonchev–Trinajstić information content (AvgIpc) is 2.85. The van der Waals surface area contributed by atoms with Crippen molar-refractivity contribution in [3.63, 3.8) is 0 Å². The van der Waals surface area contributed by atoms with E-state index in [4.69, 9.17) is 32.7 Å². The largest absolute Gasteiger partial charge is 0.496 e. The number of carbonyl (C=O) groups excluding carboxylic acids is 1. The molecule has 0 bridgehead atoms. The summed E-state index contributed by atoms with van der Waals surface area (Å²) in [7, 11) is 1.49. The van der Waals surface area contributed by atoms with Gasteiger partial charge in [-0.3, -0.25) is 9.59 Å². The predicted molar refractivity (Wildman–Crippen MR) is 137 cm³/mol. The molecule has 0 spiro atoms. The number of benzene rings is 3. The van der Waals surface area contributed by atoms with Gasteiger partial charge in [0.15, 0.2) is 0 Å². The standard InChI is InChI=1S/C27H27Cl2NO5/c1-4-27(2,26(32)33)15-18-7-12-24(34-3)21(13-18)25(31)30-16-17-5-8-19(9-6-17)35-20-10-11-22(28)23(29)14-20/h5-14H,4,15-16H2,1-3H3,(H,30,31)(H,32,33)/t27-/m0/s1. The second-order valence-corrected chi connectivity index (χ2v) is 9.25. The van der Waals surface area contributed by atoms with Gasteiger partial charge in [-0.2, -0.15) is 0 Å². The van der Waals surface area contributed by atoms with Crippen molar-refractivity contribution in [3.8, 4) is 17.2 Å². The SMILES string of the molecule is CC[C@@](C)(Cc1ccc(OC)c(C(=O)NCc2ccc(Oc3ccc(Cl)c(Cl)c3)cc2)c1)C(=O)O. The lowest BCUT2D eigenvalue weighted by atomic mass is 9.81. The van der Waals surface area contributed by atoms with Crippen LogP contribution < -0.4 is 14.8 Å². The maximum Gasteiger partial charge on any atom is 0.309 e. The van der Waals surface area contributed by atoms with Crippen LogP contribution in [0.2, 0.25) is 10.0 Å². The highest BCUT2D eigenvalue weighted by molar-refractivity contribution is 6.42. The van der Waals surface area contributed by atoms with E-state index in [0.717, 1.165) is 11.1 Å². The molecule has 0 aromatic heterocycles. The zero-order valence-corrected chi connectivity index (χ0v) is 21.2. The molecular weight excluding hydrogens is 489 g/mol. The van der Waals surface area contributed by atoms with Crippen molar-refractivity contribution in [1.82, 2.24) is 5.32 Å². The Labute approximate surface area is 214 Å². The summed E-state index contributed by atoms with van der Waals surface area (Å²) in [5, 5.41) is 13.3. The van der Waals surface area contributed by atoms with Gasteiger partial charge in [-0.05, 0) is 67.3 Å². The Bertz CT molecular complexity index is 1210. The van der Waals surface area contributed by atoms with Gasteiger partial charge in [0.05, 0.1) is 28.1 Å². The topological polar surface area (TPSA) is 84.9 Å². The summed E-state index contributed by atoms with van der Waals surface area (Å²) in [6.07, 6.45) is 0.782. The van der Waals surface area contributed by atoms with Crippen molar-refractivity contribution in [1.29, 1.82) is 0 Å². The first-order valence-corrected chi connectivity index (χ1v) is 11.8. The highest BCUT2D eigenvalue weighted by atomic mass is 35.5. The monoisotopic (exact) mass is 515 g/mol. The zero-order chi connectivity index (χ0) is 25.6. The van der Waals surface area contributed by atoms with Crippen LogP contribution in [0, 0.1) is 5.41 Å². The molecule has 0 saturated heterocycles. The molecule has 0 saturated carbocycles. The molecule has 8 heteroatoms. The molecular formula is C27H27Cl2NO5. The van der Waals surface area contributed by atoms with E-state index >= 15 is 0 Å². The first kappa shape index (κ1) is 26.4. The Kier molecular flexibility index (Phi) is 8.65.